The van der Waals surface area contributed by atoms with E-state index in [2.05, 4.69) is 22.3 Å². The summed E-state index contributed by atoms with van der Waals surface area (Å²) in [5, 5.41) is 8.57. The summed E-state index contributed by atoms with van der Waals surface area (Å²) in [5.74, 6) is -0.0726. The zero-order chi connectivity index (χ0) is 21.4. The zero-order valence-corrected chi connectivity index (χ0v) is 18.1. The van der Waals surface area contributed by atoms with E-state index in [1.807, 2.05) is 65.6 Å². The molecule has 2 heterocycles. The van der Waals surface area contributed by atoms with E-state index in [4.69, 9.17) is 23.2 Å². The van der Waals surface area contributed by atoms with Crippen molar-refractivity contribution in [2.45, 2.75) is 12.5 Å². The standard InChI is InChI=1S/C25H19Cl2N3O/c26-18-11-12-19(20(27)15-18)24-21-22(17-9-5-2-6-10-17)28-29-23(21)25(31)30(24)14-13-16-7-3-1-4-8-16/h1-12,15,24H,13-14H2,(H,28,29). The summed E-state index contributed by atoms with van der Waals surface area (Å²) in [5.41, 5.74) is 5.10. The van der Waals surface area contributed by atoms with E-state index in [0.717, 1.165) is 28.8 Å². The van der Waals surface area contributed by atoms with Crippen LogP contribution in [0.3, 0.4) is 0 Å². The van der Waals surface area contributed by atoms with Crippen LogP contribution in [0.15, 0.2) is 78.9 Å². The summed E-state index contributed by atoms with van der Waals surface area (Å²) in [6, 6.07) is 25.1. The first-order valence-corrected chi connectivity index (χ1v) is 10.8. The Labute approximate surface area is 190 Å². The maximum atomic E-state index is 13.4. The first-order valence-electron chi connectivity index (χ1n) is 10.1. The van der Waals surface area contributed by atoms with Gasteiger partial charge >= 0.3 is 0 Å². The fourth-order valence-corrected chi connectivity index (χ4v) is 4.70. The average molecular weight is 448 g/mol. The number of halogens is 2. The van der Waals surface area contributed by atoms with Gasteiger partial charge in [-0.15, -0.1) is 0 Å². The van der Waals surface area contributed by atoms with E-state index < -0.39 is 0 Å². The third kappa shape index (κ3) is 3.62. The molecule has 0 saturated heterocycles. The molecule has 4 aromatic rings. The van der Waals surface area contributed by atoms with Gasteiger partial charge in [0.2, 0.25) is 0 Å². The molecule has 1 unspecified atom stereocenters. The summed E-state index contributed by atoms with van der Waals surface area (Å²) in [7, 11) is 0. The zero-order valence-electron chi connectivity index (χ0n) is 16.6. The molecule has 1 atom stereocenters. The molecule has 0 saturated carbocycles. The number of benzene rings is 3. The van der Waals surface area contributed by atoms with Crippen molar-refractivity contribution >= 4 is 29.1 Å². The van der Waals surface area contributed by atoms with Crippen molar-refractivity contribution in [3.8, 4) is 11.3 Å². The molecule has 5 rings (SSSR count). The van der Waals surface area contributed by atoms with Crippen molar-refractivity contribution < 1.29 is 4.79 Å². The number of hydrogen-bond donors (Lipinski definition) is 1. The molecule has 3 aromatic carbocycles. The molecule has 4 nitrogen and oxygen atoms in total. The highest BCUT2D eigenvalue weighted by Crippen LogP contribution is 2.45. The van der Waals surface area contributed by atoms with Crippen molar-refractivity contribution in [1.82, 2.24) is 15.1 Å². The number of aromatic nitrogens is 2. The van der Waals surface area contributed by atoms with E-state index in [9.17, 15) is 4.79 Å². The number of aromatic amines is 1. The number of carbonyl (C=O) groups excluding carboxylic acids is 1. The molecular weight excluding hydrogens is 429 g/mol. The maximum Gasteiger partial charge on any atom is 0.273 e. The lowest BCUT2D eigenvalue weighted by atomic mass is 9.96. The van der Waals surface area contributed by atoms with Gasteiger partial charge < -0.3 is 4.90 Å². The fourth-order valence-electron chi connectivity index (χ4n) is 4.18. The average Bonchev–Trinajstić information content (AvgIpc) is 3.33. The van der Waals surface area contributed by atoms with Crippen LogP contribution in [-0.4, -0.2) is 27.5 Å². The predicted octanol–water partition coefficient (Wildman–Crippen LogP) is 6.17. The number of fused-ring (bicyclic) bond motifs is 1. The third-order valence-corrected chi connectivity index (χ3v) is 6.21. The molecular formula is C25H19Cl2N3O. The van der Waals surface area contributed by atoms with Crippen LogP contribution in [0.2, 0.25) is 10.0 Å². The lowest BCUT2D eigenvalue weighted by Gasteiger charge is -2.27. The van der Waals surface area contributed by atoms with Crippen molar-refractivity contribution in [2.24, 2.45) is 0 Å². The second kappa shape index (κ2) is 8.22. The Bertz CT molecular complexity index is 1240. The van der Waals surface area contributed by atoms with Crippen LogP contribution >= 0.6 is 23.2 Å². The number of amides is 1. The number of carbonyl (C=O) groups is 1. The van der Waals surface area contributed by atoms with E-state index in [0.29, 0.717) is 22.3 Å². The molecule has 0 spiro atoms. The van der Waals surface area contributed by atoms with Gasteiger partial charge in [0.15, 0.2) is 0 Å². The van der Waals surface area contributed by atoms with Gasteiger partial charge in [0.05, 0.1) is 11.7 Å². The highest BCUT2D eigenvalue weighted by Gasteiger charge is 2.42. The largest absolute Gasteiger partial charge is 0.326 e. The lowest BCUT2D eigenvalue weighted by molar-refractivity contribution is 0.0746. The monoisotopic (exact) mass is 447 g/mol. The highest BCUT2D eigenvalue weighted by atomic mass is 35.5. The van der Waals surface area contributed by atoms with Gasteiger partial charge in [-0.25, -0.2) is 0 Å². The van der Waals surface area contributed by atoms with Crippen LogP contribution in [0.4, 0.5) is 0 Å². The molecule has 0 radical (unpaired) electrons. The second-order valence-electron chi connectivity index (χ2n) is 7.53. The summed E-state index contributed by atoms with van der Waals surface area (Å²) >= 11 is 12.8. The summed E-state index contributed by atoms with van der Waals surface area (Å²) in [6.07, 6.45) is 0.743. The Kier molecular flexibility index (Phi) is 5.26. The number of H-pyrrole nitrogens is 1. The number of rotatable bonds is 5. The molecule has 1 N–H and O–H groups in total. The predicted molar refractivity (Wildman–Crippen MR) is 124 cm³/mol. The van der Waals surface area contributed by atoms with Crippen molar-refractivity contribution in [1.29, 1.82) is 0 Å². The normalized spacial score (nSPS) is 15.4. The quantitative estimate of drug-likeness (QED) is 0.397. The topological polar surface area (TPSA) is 49.0 Å². The number of hydrogen-bond acceptors (Lipinski definition) is 2. The van der Waals surface area contributed by atoms with Gasteiger partial charge in [0.1, 0.15) is 5.69 Å². The minimum absolute atomic E-state index is 0.0726. The van der Waals surface area contributed by atoms with E-state index >= 15 is 0 Å². The first-order chi connectivity index (χ1) is 15.1. The number of nitrogens with one attached hydrogen (secondary N) is 1. The Morgan fingerprint density at radius 3 is 2.35 bits per heavy atom. The SMILES string of the molecule is O=C1c2[nH]nc(-c3ccccc3)c2C(c2ccc(Cl)cc2Cl)N1CCc1ccccc1. The van der Waals surface area contributed by atoms with Gasteiger partial charge in [-0.1, -0.05) is 89.9 Å². The minimum Gasteiger partial charge on any atom is -0.326 e. The van der Waals surface area contributed by atoms with Crippen LogP contribution in [0.25, 0.3) is 11.3 Å². The van der Waals surface area contributed by atoms with Gasteiger partial charge in [-0.2, -0.15) is 5.10 Å². The van der Waals surface area contributed by atoms with Gasteiger partial charge in [0, 0.05) is 27.7 Å². The molecule has 0 aliphatic carbocycles. The number of nitrogens with zero attached hydrogens (tertiary/aromatic N) is 2. The van der Waals surface area contributed by atoms with Crippen LogP contribution in [0.1, 0.15) is 33.2 Å². The minimum atomic E-state index is -0.343. The summed E-state index contributed by atoms with van der Waals surface area (Å²) < 4.78 is 0. The van der Waals surface area contributed by atoms with E-state index in [-0.39, 0.29) is 11.9 Å². The van der Waals surface area contributed by atoms with Crippen molar-refractivity contribution in [3.05, 3.63) is 111 Å². The summed E-state index contributed by atoms with van der Waals surface area (Å²) in [4.78, 5) is 15.3. The Hall–Kier alpha value is -3.08. The molecule has 0 bridgehead atoms. The molecule has 154 valence electrons. The lowest BCUT2D eigenvalue weighted by Crippen LogP contribution is -2.31. The van der Waals surface area contributed by atoms with Crippen LogP contribution in [-0.2, 0) is 6.42 Å². The maximum absolute atomic E-state index is 13.4. The van der Waals surface area contributed by atoms with Gasteiger partial charge in [-0.05, 0) is 29.7 Å². The van der Waals surface area contributed by atoms with E-state index in [1.54, 1.807) is 6.07 Å². The second-order valence-corrected chi connectivity index (χ2v) is 8.37. The van der Waals surface area contributed by atoms with Gasteiger partial charge in [0.25, 0.3) is 5.91 Å². The third-order valence-electron chi connectivity index (χ3n) is 5.65. The smallest absolute Gasteiger partial charge is 0.273 e. The van der Waals surface area contributed by atoms with Crippen molar-refractivity contribution in [2.75, 3.05) is 6.54 Å². The first kappa shape index (κ1) is 19.9. The van der Waals surface area contributed by atoms with Crippen LogP contribution in [0.5, 0.6) is 0 Å². The van der Waals surface area contributed by atoms with Crippen LogP contribution < -0.4 is 0 Å². The summed E-state index contributed by atoms with van der Waals surface area (Å²) in [6.45, 7) is 0.559. The molecule has 1 aliphatic heterocycles. The van der Waals surface area contributed by atoms with Gasteiger partial charge in [-0.3, -0.25) is 9.89 Å². The molecule has 1 amide bonds. The highest BCUT2D eigenvalue weighted by molar-refractivity contribution is 6.35. The van der Waals surface area contributed by atoms with E-state index in [1.165, 1.54) is 5.56 Å². The van der Waals surface area contributed by atoms with Crippen LogP contribution in [0, 0.1) is 0 Å². The Morgan fingerprint density at radius 2 is 1.65 bits per heavy atom. The molecule has 1 aliphatic rings. The molecule has 6 heteroatoms. The molecule has 1 aromatic heterocycles. The molecule has 31 heavy (non-hydrogen) atoms. The fraction of sp³-hybridized carbons (Fsp3) is 0.120. The molecule has 0 fully saturated rings. The van der Waals surface area contributed by atoms with Crippen molar-refractivity contribution in [3.63, 3.8) is 0 Å². The Morgan fingerprint density at radius 1 is 0.935 bits per heavy atom. The Balaban J connectivity index is 1.61.